The number of hydrogen-bond acceptors (Lipinski definition) is 2. The van der Waals surface area contributed by atoms with Crippen molar-refractivity contribution in [3.05, 3.63) is 12.2 Å². The van der Waals surface area contributed by atoms with Crippen LogP contribution >= 0.6 is 0 Å². The van der Waals surface area contributed by atoms with Crippen LogP contribution in [-0.2, 0) is 17.4 Å². The molecule has 3 heteroatoms. The topological polar surface area (TPSA) is 17.1 Å². The van der Waals surface area contributed by atoms with E-state index in [2.05, 4.69) is 19.2 Å². The maximum atomic E-state index is 10.2. The molecular formula is C5H7NaOS. The molecule has 0 aromatic carbocycles. The van der Waals surface area contributed by atoms with E-state index in [1.54, 1.807) is 0 Å². The molecule has 0 N–H and O–H groups in total. The molecule has 0 bridgehead atoms. The van der Waals surface area contributed by atoms with Crippen molar-refractivity contribution < 1.29 is 34.4 Å². The Morgan fingerprint density at radius 1 is 1.75 bits per heavy atom. The van der Waals surface area contributed by atoms with Gasteiger partial charge in [0, 0.05) is 0 Å². The summed E-state index contributed by atoms with van der Waals surface area (Å²) in [7, 11) is 0. The van der Waals surface area contributed by atoms with Crippen molar-refractivity contribution in [2.24, 2.45) is 0 Å². The van der Waals surface area contributed by atoms with Crippen LogP contribution in [0.1, 0.15) is 6.92 Å². The summed E-state index contributed by atoms with van der Waals surface area (Å²) < 4.78 is 0. The Morgan fingerprint density at radius 2 is 2.12 bits per heavy atom. The molecule has 0 aromatic heterocycles. The van der Waals surface area contributed by atoms with Crippen LogP contribution in [0.15, 0.2) is 12.2 Å². The summed E-state index contributed by atoms with van der Waals surface area (Å²) >= 11 is 4.53. The van der Waals surface area contributed by atoms with Crippen molar-refractivity contribution in [2.75, 3.05) is 5.75 Å². The van der Waals surface area contributed by atoms with E-state index < -0.39 is 0 Å². The van der Waals surface area contributed by atoms with E-state index >= 15 is 0 Å². The summed E-state index contributed by atoms with van der Waals surface area (Å²) in [5.41, 5.74) is 0.523. The van der Waals surface area contributed by atoms with Crippen LogP contribution in [-0.4, -0.2) is 11.5 Å². The van der Waals surface area contributed by atoms with Crippen LogP contribution in [0.2, 0.25) is 0 Å². The van der Waals surface area contributed by atoms with Gasteiger partial charge in [-0.15, -0.1) is 5.75 Å². The van der Waals surface area contributed by atoms with Crippen LogP contribution in [0.25, 0.3) is 0 Å². The van der Waals surface area contributed by atoms with Crippen molar-refractivity contribution in [1.82, 2.24) is 0 Å². The first-order valence-corrected chi connectivity index (χ1v) is 2.53. The van der Waals surface area contributed by atoms with Gasteiger partial charge in [0.1, 0.15) is 0 Å². The van der Waals surface area contributed by atoms with Crippen LogP contribution in [0.3, 0.4) is 0 Å². The second-order valence-electron chi connectivity index (χ2n) is 1.30. The van der Waals surface area contributed by atoms with Crippen molar-refractivity contribution in [2.45, 2.75) is 6.92 Å². The van der Waals surface area contributed by atoms with Gasteiger partial charge < -0.3 is 12.6 Å². The van der Waals surface area contributed by atoms with Gasteiger partial charge in [0.05, 0.1) is 0 Å². The SMILES string of the molecule is C=C(C[S-])C(C)=O.[Na+]. The molecule has 0 radical (unpaired) electrons. The Balaban J connectivity index is 0. The first-order valence-electron chi connectivity index (χ1n) is 1.95. The molecule has 0 saturated heterocycles. The summed E-state index contributed by atoms with van der Waals surface area (Å²) in [4.78, 5) is 10.2. The second kappa shape index (κ2) is 5.89. The molecule has 0 aromatic rings. The molecule has 0 aliphatic rings. The quantitative estimate of drug-likeness (QED) is 0.242. The van der Waals surface area contributed by atoms with E-state index in [4.69, 9.17) is 0 Å². The minimum Gasteiger partial charge on any atom is -0.788 e. The zero-order chi connectivity index (χ0) is 5.86. The van der Waals surface area contributed by atoms with Gasteiger partial charge >= 0.3 is 29.6 Å². The molecule has 0 amide bonds. The predicted molar refractivity (Wildman–Crippen MR) is 32.1 cm³/mol. The molecule has 0 spiro atoms. The Kier molecular flexibility index (Phi) is 8.50. The van der Waals surface area contributed by atoms with Crippen molar-refractivity contribution in [1.29, 1.82) is 0 Å². The smallest absolute Gasteiger partial charge is 0.788 e. The molecule has 0 heterocycles. The normalized spacial score (nSPS) is 7.25. The van der Waals surface area contributed by atoms with Crippen molar-refractivity contribution in [3.8, 4) is 0 Å². The third-order valence-corrected chi connectivity index (χ3v) is 1.02. The van der Waals surface area contributed by atoms with E-state index in [0.29, 0.717) is 11.3 Å². The summed E-state index contributed by atoms with van der Waals surface area (Å²) in [5.74, 6) is 0.352. The van der Waals surface area contributed by atoms with Crippen LogP contribution in [0.5, 0.6) is 0 Å². The zero-order valence-corrected chi connectivity index (χ0v) is 8.05. The first kappa shape index (κ1) is 11.5. The Hall–Kier alpha value is 0.760. The molecule has 0 unspecified atom stereocenters. The minimum atomic E-state index is -0.00463. The maximum Gasteiger partial charge on any atom is 1.00 e. The van der Waals surface area contributed by atoms with Crippen LogP contribution < -0.4 is 29.6 Å². The fourth-order valence-electron chi connectivity index (χ4n) is 0.102. The second-order valence-corrected chi connectivity index (χ2v) is 1.59. The van der Waals surface area contributed by atoms with Gasteiger partial charge in [-0.25, -0.2) is 0 Å². The van der Waals surface area contributed by atoms with Crippen molar-refractivity contribution in [3.63, 3.8) is 0 Å². The average Bonchev–Trinajstić information content (AvgIpc) is 1.65. The standard InChI is InChI=1S/C5H8OS.Na/c1-4(3-7)5(2)6;/h7H,1,3H2,2H3;/q;+1/p-1. The first-order chi connectivity index (χ1) is 3.18. The van der Waals surface area contributed by atoms with Gasteiger partial charge in [-0.2, -0.15) is 0 Å². The fraction of sp³-hybridized carbons (Fsp3) is 0.400. The molecule has 0 atom stereocenters. The third kappa shape index (κ3) is 4.91. The number of rotatable bonds is 2. The summed E-state index contributed by atoms with van der Waals surface area (Å²) in [6, 6.07) is 0. The predicted octanol–water partition coefficient (Wildman–Crippen LogP) is -2.32. The number of carbonyl (C=O) groups is 1. The van der Waals surface area contributed by atoms with Gasteiger partial charge in [0.15, 0.2) is 5.78 Å². The van der Waals surface area contributed by atoms with E-state index in [-0.39, 0.29) is 35.3 Å². The monoisotopic (exact) mass is 138 g/mol. The molecule has 0 aliphatic carbocycles. The van der Waals surface area contributed by atoms with Crippen LogP contribution in [0, 0.1) is 0 Å². The Morgan fingerprint density at radius 3 is 2.12 bits per heavy atom. The molecule has 40 valence electrons. The maximum absolute atomic E-state index is 10.2. The molecule has 0 fully saturated rings. The molecular weight excluding hydrogens is 131 g/mol. The number of hydrogen-bond donors (Lipinski definition) is 0. The molecule has 8 heavy (non-hydrogen) atoms. The molecule has 0 saturated carbocycles. The molecule has 0 rings (SSSR count). The average molecular weight is 138 g/mol. The Bertz CT molecular complexity index is 101. The number of Topliss-reactive ketones (excluding diaryl/α,β-unsaturated/α-hetero) is 1. The Labute approximate surface area is 77.2 Å². The van der Waals surface area contributed by atoms with E-state index in [9.17, 15) is 4.79 Å². The van der Waals surface area contributed by atoms with Gasteiger partial charge in [-0.05, 0) is 12.5 Å². The van der Waals surface area contributed by atoms with Gasteiger partial charge in [-0.3, -0.25) is 4.79 Å². The fourth-order valence-corrected chi connectivity index (χ4v) is 0.305. The van der Waals surface area contributed by atoms with E-state index in [1.165, 1.54) is 6.92 Å². The van der Waals surface area contributed by atoms with Crippen molar-refractivity contribution >= 4 is 18.4 Å². The number of carbonyl (C=O) groups excluding carboxylic acids is 1. The summed E-state index contributed by atoms with van der Waals surface area (Å²) in [5, 5.41) is 0. The molecule has 0 aliphatic heterocycles. The zero-order valence-electron chi connectivity index (χ0n) is 5.23. The summed E-state index contributed by atoms with van der Waals surface area (Å²) in [6.07, 6.45) is 0. The summed E-state index contributed by atoms with van der Waals surface area (Å²) in [6.45, 7) is 4.89. The van der Waals surface area contributed by atoms with E-state index in [0.717, 1.165) is 0 Å². The van der Waals surface area contributed by atoms with Gasteiger partial charge in [-0.1, -0.05) is 6.58 Å². The van der Waals surface area contributed by atoms with Gasteiger partial charge in [0.2, 0.25) is 0 Å². The molecule has 1 nitrogen and oxygen atoms in total. The van der Waals surface area contributed by atoms with E-state index in [1.807, 2.05) is 0 Å². The minimum absolute atomic E-state index is 0. The van der Waals surface area contributed by atoms with Gasteiger partial charge in [0.25, 0.3) is 0 Å². The largest absolute Gasteiger partial charge is 1.00 e. The van der Waals surface area contributed by atoms with Crippen LogP contribution in [0.4, 0.5) is 0 Å². The third-order valence-electron chi connectivity index (χ3n) is 0.672. The number of ketones is 1.